The first-order chi connectivity index (χ1) is 9.58. The Hall–Kier alpha value is -1.95. The fourth-order valence-corrected chi connectivity index (χ4v) is 2.18. The average molecular weight is 279 g/mol. The second-order valence-corrected chi connectivity index (χ2v) is 4.85. The van der Waals surface area contributed by atoms with E-state index < -0.39 is 10.9 Å². The number of nitrogens with zero attached hydrogens (tertiary/aromatic N) is 1. The molecule has 1 saturated heterocycles. The van der Waals surface area contributed by atoms with Crippen molar-refractivity contribution in [2.24, 2.45) is 0 Å². The fraction of sp³-hybridized carbons (Fsp3) is 0.500. The SMILES string of the molecule is Cc1cc(C(=O)OCC2CCCCO2)ccc1[N+](=O)[O-]. The van der Waals surface area contributed by atoms with Crippen LogP contribution in [-0.2, 0) is 9.47 Å². The molecule has 1 aliphatic heterocycles. The standard InChI is InChI=1S/C14H17NO5/c1-10-8-11(5-6-13(10)15(17)18)14(16)20-9-12-4-2-3-7-19-12/h5-6,8,12H,2-4,7,9H2,1H3. The molecule has 0 N–H and O–H groups in total. The van der Waals surface area contributed by atoms with Crippen molar-refractivity contribution in [1.82, 2.24) is 0 Å². The highest BCUT2D eigenvalue weighted by Gasteiger charge is 2.18. The van der Waals surface area contributed by atoms with Gasteiger partial charge in [-0.3, -0.25) is 10.1 Å². The zero-order valence-electron chi connectivity index (χ0n) is 11.3. The minimum Gasteiger partial charge on any atom is -0.459 e. The third kappa shape index (κ3) is 3.54. The summed E-state index contributed by atoms with van der Waals surface area (Å²) in [6, 6.07) is 4.21. The summed E-state index contributed by atoms with van der Waals surface area (Å²) in [5.74, 6) is -0.475. The van der Waals surface area contributed by atoms with E-state index in [1.54, 1.807) is 6.92 Å². The number of hydrogen-bond donors (Lipinski definition) is 0. The van der Waals surface area contributed by atoms with Crippen LogP contribution in [-0.4, -0.2) is 30.2 Å². The maximum Gasteiger partial charge on any atom is 0.338 e. The molecule has 6 nitrogen and oxygen atoms in total. The first-order valence-corrected chi connectivity index (χ1v) is 6.61. The van der Waals surface area contributed by atoms with Gasteiger partial charge in [-0.2, -0.15) is 0 Å². The largest absolute Gasteiger partial charge is 0.459 e. The minimum atomic E-state index is -0.475. The maximum absolute atomic E-state index is 11.9. The van der Waals surface area contributed by atoms with E-state index in [1.165, 1.54) is 18.2 Å². The van der Waals surface area contributed by atoms with E-state index in [0.717, 1.165) is 19.3 Å². The van der Waals surface area contributed by atoms with E-state index in [0.29, 0.717) is 17.7 Å². The van der Waals surface area contributed by atoms with Gasteiger partial charge in [0.1, 0.15) is 6.61 Å². The van der Waals surface area contributed by atoms with Crippen LogP contribution in [0.15, 0.2) is 18.2 Å². The molecule has 1 heterocycles. The Balaban J connectivity index is 1.95. The van der Waals surface area contributed by atoms with Crippen LogP contribution >= 0.6 is 0 Å². The Morgan fingerprint density at radius 3 is 2.90 bits per heavy atom. The van der Waals surface area contributed by atoms with Crippen molar-refractivity contribution in [2.75, 3.05) is 13.2 Å². The fourth-order valence-electron chi connectivity index (χ4n) is 2.18. The molecule has 1 atom stereocenters. The van der Waals surface area contributed by atoms with E-state index >= 15 is 0 Å². The van der Waals surface area contributed by atoms with Crippen molar-refractivity contribution in [1.29, 1.82) is 0 Å². The first-order valence-electron chi connectivity index (χ1n) is 6.61. The molecule has 1 aliphatic rings. The highest BCUT2D eigenvalue weighted by Crippen LogP contribution is 2.19. The predicted octanol–water partition coefficient (Wildman–Crippen LogP) is 2.63. The summed E-state index contributed by atoms with van der Waals surface area (Å²) in [4.78, 5) is 22.1. The maximum atomic E-state index is 11.9. The highest BCUT2D eigenvalue weighted by molar-refractivity contribution is 5.90. The molecule has 0 amide bonds. The molecule has 1 unspecified atom stereocenters. The van der Waals surface area contributed by atoms with E-state index in [2.05, 4.69) is 0 Å². The second-order valence-electron chi connectivity index (χ2n) is 4.85. The molecule has 1 fully saturated rings. The summed E-state index contributed by atoms with van der Waals surface area (Å²) < 4.78 is 10.7. The number of nitro groups is 1. The van der Waals surface area contributed by atoms with Crippen LogP contribution in [0.1, 0.15) is 35.2 Å². The molecule has 0 aromatic heterocycles. The van der Waals surface area contributed by atoms with Crippen molar-refractivity contribution in [3.8, 4) is 0 Å². The third-order valence-corrected chi connectivity index (χ3v) is 3.30. The summed E-state index contributed by atoms with van der Waals surface area (Å²) in [7, 11) is 0. The van der Waals surface area contributed by atoms with Crippen molar-refractivity contribution in [2.45, 2.75) is 32.3 Å². The number of carbonyl (C=O) groups excluding carboxylic acids is 1. The number of nitro benzene ring substituents is 1. The molecule has 1 aromatic carbocycles. The molecular weight excluding hydrogens is 262 g/mol. The molecule has 0 bridgehead atoms. The smallest absolute Gasteiger partial charge is 0.338 e. The molecule has 108 valence electrons. The minimum absolute atomic E-state index is 0.00263. The van der Waals surface area contributed by atoms with Gasteiger partial charge >= 0.3 is 5.97 Å². The highest BCUT2D eigenvalue weighted by atomic mass is 16.6. The predicted molar refractivity (Wildman–Crippen MR) is 71.7 cm³/mol. The molecule has 0 spiro atoms. The summed E-state index contributed by atoms with van der Waals surface area (Å²) in [6.07, 6.45) is 2.99. The number of esters is 1. The van der Waals surface area contributed by atoms with Crippen LogP contribution in [0.2, 0.25) is 0 Å². The van der Waals surface area contributed by atoms with Gasteiger partial charge in [0.05, 0.1) is 16.6 Å². The lowest BCUT2D eigenvalue weighted by molar-refractivity contribution is -0.385. The lowest BCUT2D eigenvalue weighted by Crippen LogP contribution is -2.25. The van der Waals surface area contributed by atoms with Gasteiger partial charge in [-0.15, -0.1) is 0 Å². The molecule has 0 radical (unpaired) electrons. The summed E-state index contributed by atoms with van der Waals surface area (Å²) >= 11 is 0. The molecule has 1 aromatic rings. The van der Waals surface area contributed by atoms with Crippen molar-refractivity contribution >= 4 is 11.7 Å². The van der Waals surface area contributed by atoms with E-state index in [9.17, 15) is 14.9 Å². The Morgan fingerprint density at radius 1 is 1.50 bits per heavy atom. The van der Waals surface area contributed by atoms with Crippen LogP contribution in [0.3, 0.4) is 0 Å². The summed E-state index contributed by atoms with van der Waals surface area (Å²) in [5.41, 5.74) is 0.763. The Morgan fingerprint density at radius 2 is 2.30 bits per heavy atom. The van der Waals surface area contributed by atoms with E-state index in [-0.39, 0.29) is 18.4 Å². The molecular formula is C14H17NO5. The van der Waals surface area contributed by atoms with E-state index in [4.69, 9.17) is 9.47 Å². The van der Waals surface area contributed by atoms with Crippen LogP contribution in [0, 0.1) is 17.0 Å². The van der Waals surface area contributed by atoms with Gasteiger partial charge in [0.15, 0.2) is 0 Å². The normalized spacial score (nSPS) is 18.6. The molecule has 6 heteroatoms. The van der Waals surface area contributed by atoms with Crippen LogP contribution in [0.4, 0.5) is 5.69 Å². The Kier molecular flexibility index (Phi) is 4.68. The van der Waals surface area contributed by atoms with Gasteiger partial charge < -0.3 is 9.47 Å². The van der Waals surface area contributed by atoms with Crippen molar-refractivity contribution in [3.63, 3.8) is 0 Å². The monoisotopic (exact) mass is 279 g/mol. The van der Waals surface area contributed by atoms with Gasteiger partial charge in [0, 0.05) is 18.2 Å². The number of carbonyl (C=O) groups is 1. The van der Waals surface area contributed by atoms with Gasteiger partial charge in [0.25, 0.3) is 5.69 Å². The zero-order valence-corrected chi connectivity index (χ0v) is 11.3. The van der Waals surface area contributed by atoms with Crippen LogP contribution < -0.4 is 0 Å². The van der Waals surface area contributed by atoms with Gasteiger partial charge in [0.2, 0.25) is 0 Å². The average Bonchev–Trinajstić information content (AvgIpc) is 2.45. The topological polar surface area (TPSA) is 78.7 Å². The zero-order chi connectivity index (χ0) is 14.5. The lowest BCUT2D eigenvalue weighted by Gasteiger charge is -2.22. The van der Waals surface area contributed by atoms with Gasteiger partial charge in [-0.1, -0.05) is 0 Å². The van der Waals surface area contributed by atoms with Gasteiger partial charge in [-0.25, -0.2) is 4.79 Å². The lowest BCUT2D eigenvalue weighted by atomic mass is 10.1. The molecule has 2 rings (SSSR count). The summed E-state index contributed by atoms with van der Waals surface area (Å²) in [6.45, 7) is 2.53. The number of hydrogen-bond acceptors (Lipinski definition) is 5. The number of benzene rings is 1. The number of ether oxygens (including phenoxy) is 2. The van der Waals surface area contributed by atoms with Crippen LogP contribution in [0.5, 0.6) is 0 Å². The van der Waals surface area contributed by atoms with Crippen molar-refractivity contribution in [3.05, 3.63) is 39.4 Å². The number of aryl methyl sites for hydroxylation is 1. The quantitative estimate of drug-likeness (QED) is 0.481. The van der Waals surface area contributed by atoms with Gasteiger partial charge in [-0.05, 0) is 38.3 Å². The van der Waals surface area contributed by atoms with Crippen LogP contribution in [0.25, 0.3) is 0 Å². The number of rotatable bonds is 4. The molecule has 0 aliphatic carbocycles. The van der Waals surface area contributed by atoms with E-state index in [1.807, 2.05) is 0 Å². The van der Waals surface area contributed by atoms with Crippen molar-refractivity contribution < 1.29 is 19.2 Å². The molecule has 20 heavy (non-hydrogen) atoms. The summed E-state index contributed by atoms with van der Waals surface area (Å²) in [5, 5.41) is 10.7. The Bertz CT molecular complexity index is 508. The third-order valence-electron chi connectivity index (χ3n) is 3.30. The molecule has 0 saturated carbocycles. The first kappa shape index (κ1) is 14.5. The Labute approximate surface area is 116 Å². The second kappa shape index (κ2) is 6.47.